The van der Waals surface area contributed by atoms with Gasteiger partial charge in [0.2, 0.25) is 0 Å². The molecule has 64 heavy (non-hydrogen) atoms. The van der Waals surface area contributed by atoms with Crippen molar-refractivity contribution in [1.29, 1.82) is 0 Å². The van der Waals surface area contributed by atoms with Crippen LogP contribution in [0.15, 0.2) is 234 Å². The first-order valence-corrected chi connectivity index (χ1v) is 22.6. The molecule has 1 aliphatic heterocycles. The molecule has 0 saturated carbocycles. The van der Waals surface area contributed by atoms with Crippen molar-refractivity contribution in [2.45, 2.75) is 15.2 Å². The molecular formula is C60H37N3S. The van der Waals surface area contributed by atoms with E-state index in [9.17, 15) is 0 Å². The van der Waals surface area contributed by atoms with Gasteiger partial charge >= 0.3 is 0 Å². The van der Waals surface area contributed by atoms with Crippen molar-refractivity contribution in [3.8, 4) is 67.4 Å². The summed E-state index contributed by atoms with van der Waals surface area (Å²) in [6.07, 6.45) is 0. The molecule has 1 aliphatic carbocycles. The Balaban J connectivity index is 1.02. The van der Waals surface area contributed by atoms with Crippen molar-refractivity contribution >= 4 is 33.4 Å². The van der Waals surface area contributed by atoms with E-state index in [-0.39, 0.29) is 0 Å². The quantitative estimate of drug-likeness (QED) is 0.162. The van der Waals surface area contributed by atoms with Crippen LogP contribution in [-0.4, -0.2) is 15.0 Å². The van der Waals surface area contributed by atoms with Crippen molar-refractivity contribution in [2.75, 3.05) is 0 Å². The highest BCUT2D eigenvalue weighted by Gasteiger charge is 2.50. The molecule has 0 saturated heterocycles. The number of aromatic nitrogens is 3. The molecule has 298 valence electrons. The Kier molecular flexibility index (Phi) is 8.37. The van der Waals surface area contributed by atoms with Crippen LogP contribution in [0.5, 0.6) is 0 Å². The van der Waals surface area contributed by atoms with E-state index in [1.54, 1.807) is 0 Å². The van der Waals surface area contributed by atoms with Crippen molar-refractivity contribution in [2.24, 2.45) is 0 Å². The van der Waals surface area contributed by atoms with Gasteiger partial charge < -0.3 is 0 Å². The Morgan fingerprint density at radius 1 is 0.344 bits per heavy atom. The fourth-order valence-corrected chi connectivity index (χ4v) is 11.6. The van der Waals surface area contributed by atoms with E-state index in [2.05, 4.69) is 200 Å². The molecule has 9 aromatic carbocycles. The average Bonchev–Trinajstić information content (AvgIpc) is 3.67. The summed E-state index contributed by atoms with van der Waals surface area (Å²) >= 11 is 1.90. The second-order valence-electron chi connectivity index (χ2n) is 16.6. The molecule has 2 aromatic heterocycles. The van der Waals surface area contributed by atoms with Gasteiger partial charge in [0.15, 0.2) is 5.82 Å². The van der Waals surface area contributed by atoms with Gasteiger partial charge in [0, 0.05) is 48.2 Å². The molecule has 0 unspecified atom stereocenters. The predicted molar refractivity (Wildman–Crippen MR) is 263 cm³/mol. The molecular weight excluding hydrogens is 795 g/mol. The molecule has 0 bridgehead atoms. The van der Waals surface area contributed by atoms with Gasteiger partial charge in [0.1, 0.15) is 0 Å². The van der Waals surface area contributed by atoms with Gasteiger partial charge in [0.05, 0.1) is 28.0 Å². The van der Waals surface area contributed by atoms with E-state index in [0.717, 1.165) is 66.8 Å². The predicted octanol–water partition coefficient (Wildman–Crippen LogP) is 15.3. The number of benzene rings is 9. The molecule has 0 N–H and O–H groups in total. The third-order valence-electron chi connectivity index (χ3n) is 13.2. The van der Waals surface area contributed by atoms with Crippen LogP contribution in [0.2, 0.25) is 0 Å². The van der Waals surface area contributed by atoms with Crippen molar-refractivity contribution in [3.63, 3.8) is 0 Å². The maximum Gasteiger partial charge on any atom is 0.160 e. The van der Waals surface area contributed by atoms with Gasteiger partial charge in [-0.25, -0.2) is 15.0 Å². The molecule has 3 heterocycles. The Morgan fingerprint density at radius 3 is 1.55 bits per heavy atom. The number of hydrogen-bond donors (Lipinski definition) is 0. The Morgan fingerprint density at radius 2 is 0.875 bits per heavy atom. The molecule has 1 spiro atoms. The molecule has 0 fully saturated rings. The minimum atomic E-state index is -0.476. The van der Waals surface area contributed by atoms with Gasteiger partial charge in [-0.15, -0.1) is 0 Å². The third kappa shape index (κ3) is 5.59. The van der Waals surface area contributed by atoms with Crippen LogP contribution in [0.4, 0.5) is 0 Å². The second kappa shape index (κ2) is 14.6. The van der Waals surface area contributed by atoms with Crippen LogP contribution in [-0.2, 0) is 5.41 Å². The zero-order valence-electron chi connectivity index (χ0n) is 34.6. The van der Waals surface area contributed by atoms with Crippen LogP contribution in [0.25, 0.3) is 89.1 Å². The summed E-state index contributed by atoms with van der Waals surface area (Å²) in [6.45, 7) is 0. The van der Waals surface area contributed by atoms with Gasteiger partial charge in [-0.3, -0.25) is 0 Å². The highest BCUT2D eigenvalue weighted by molar-refractivity contribution is 7.99. The van der Waals surface area contributed by atoms with Crippen LogP contribution in [0.1, 0.15) is 22.3 Å². The summed E-state index contributed by atoms with van der Waals surface area (Å²) in [6, 6.07) is 80.8. The van der Waals surface area contributed by atoms with Gasteiger partial charge in [0.25, 0.3) is 0 Å². The van der Waals surface area contributed by atoms with Crippen molar-refractivity contribution < 1.29 is 0 Å². The first-order chi connectivity index (χ1) is 31.7. The normalized spacial score (nSPS) is 13.1. The largest absolute Gasteiger partial charge is 0.247 e. The lowest BCUT2D eigenvalue weighted by molar-refractivity contribution is 0.726. The van der Waals surface area contributed by atoms with Crippen molar-refractivity contribution in [1.82, 2.24) is 15.0 Å². The Labute approximate surface area is 375 Å². The molecule has 2 aliphatic rings. The molecule has 3 nitrogen and oxygen atoms in total. The number of fused-ring (bicyclic) bond motifs is 13. The van der Waals surface area contributed by atoms with E-state index in [4.69, 9.17) is 15.0 Å². The van der Waals surface area contributed by atoms with E-state index >= 15 is 0 Å². The topological polar surface area (TPSA) is 38.7 Å². The number of hydrogen-bond acceptors (Lipinski definition) is 4. The lowest BCUT2D eigenvalue weighted by Crippen LogP contribution is -2.32. The maximum atomic E-state index is 5.46. The van der Waals surface area contributed by atoms with Gasteiger partial charge in [-0.05, 0) is 68.8 Å². The van der Waals surface area contributed by atoms with E-state index in [1.807, 2.05) is 36.0 Å². The molecule has 13 rings (SSSR count). The zero-order chi connectivity index (χ0) is 42.2. The second-order valence-corrected chi connectivity index (χ2v) is 17.7. The van der Waals surface area contributed by atoms with Gasteiger partial charge in [-0.2, -0.15) is 0 Å². The molecule has 11 aromatic rings. The van der Waals surface area contributed by atoms with E-state index < -0.39 is 5.41 Å². The summed E-state index contributed by atoms with van der Waals surface area (Å²) < 4.78 is 0. The van der Waals surface area contributed by atoms with Gasteiger partial charge in [-0.1, -0.05) is 212 Å². The van der Waals surface area contributed by atoms with Crippen LogP contribution < -0.4 is 0 Å². The van der Waals surface area contributed by atoms with E-state index in [1.165, 1.54) is 48.6 Å². The Bertz CT molecular complexity index is 3520. The summed E-state index contributed by atoms with van der Waals surface area (Å²) in [7, 11) is 0. The lowest BCUT2D eigenvalue weighted by Gasteiger charge is -2.40. The molecule has 0 radical (unpaired) electrons. The Hall–Kier alpha value is -7.92. The van der Waals surface area contributed by atoms with Crippen LogP contribution in [0.3, 0.4) is 0 Å². The van der Waals surface area contributed by atoms with E-state index in [0.29, 0.717) is 5.82 Å². The lowest BCUT2D eigenvalue weighted by atomic mass is 9.67. The molecule has 0 amide bonds. The SMILES string of the molecule is c1ccc(-c2cc(-c3ccc(-c4ccc5nc(-c6ccccc6)c6ccc7c(c6c5c4)Sc4ccccc4C74c5ccccc5-c5ccccc54)cc3)nc(-c3ccccc3)n2)cc1. The fourth-order valence-electron chi connectivity index (χ4n) is 10.3. The fraction of sp³-hybridized carbons (Fsp3) is 0.0167. The summed E-state index contributed by atoms with van der Waals surface area (Å²) in [4.78, 5) is 18.1. The van der Waals surface area contributed by atoms with Crippen LogP contribution in [0, 0.1) is 0 Å². The smallest absolute Gasteiger partial charge is 0.160 e. The third-order valence-corrected chi connectivity index (χ3v) is 14.4. The zero-order valence-corrected chi connectivity index (χ0v) is 35.4. The first kappa shape index (κ1) is 36.7. The van der Waals surface area contributed by atoms with Crippen molar-refractivity contribution in [3.05, 3.63) is 247 Å². The maximum absolute atomic E-state index is 5.46. The highest BCUT2D eigenvalue weighted by atomic mass is 32.2. The highest BCUT2D eigenvalue weighted by Crippen LogP contribution is 2.63. The molecule has 4 heteroatoms. The standard InChI is InChI=1S/C60H37N3S/c1-4-16-39(17-5-1)53-37-54(63-59(62-53)42-20-8-3-9-21-42)40-30-28-38(29-31-40)43-32-35-52-47(36-43)56-46(57(61-52)41-18-6-2-7-19-41)33-34-51-58(56)64-55-27-15-14-26-50(55)60(51)48-24-12-10-22-44(48)45-23-11-13-25-49(45)60/h1-37H. The number of rotatable bonds is 5. The summed E-state index contributed by atoms with van der Waals surface area (Å²) in [5.74, 6) is 0.708. The minimum Gasteiger partial charge on any atom is -0.247 e. The summed E-state index contributed by atoms with van der Waals surface area (Å²) in [5, 5.41) is 3.53. The number of nitrogens with zero attached hydrogens (tertiary/aromatic N) is 3. The molecule has 0 atom stereocenters. The monoisotopic (exact) mass is 831 g/mol. The summed E-state index contributed by atoms with van der Waals surface area (Å²) in [5.41, 5.74) is 17.7. The average molecular weight is 832 g/mol. The van der Waals surface area contributed by atoms with Crippen LogP contribution >= 0.6 is 11.8 Å². The first-order valence-electron chi connectivity index (χ1n) is 21.8. The number of pyridine rings is 1. The minimum absolute atomic E-state index is 0.476.